The Morgan fingerprint density at radius 2 is 1.70 bits per heavy atom. The number of carbonyl (C=O) groups is 1. The second-order valence-electron chi connectivity index (χ2n) is 6.75. The van der Waals surface area contributed by atoms with Crippen LogP contribution >= 0.6 is 0 Å². The number of ether oxygens (including phenoxy) is 1. The Labute approximate surface area is 159 Å². The van der Waals surface area contributed by atoms with E-state index in [2.05, 4.69) is 19.9 Å². The number of hydrogen-bond donors (Lipinski definition) is 0. The molecule has 0 aromatic carbocycles. The maximum absolute atomic E-state index is 11.8. The van der Waals surface area contributed by atoms with Crippen molar-refractivity contribution in [1.82, 2.24) is 20.1 Å². The van der Waals surface area contributed by atoms with E-state index in [1.807, 2.05) is 23.2 Å². The molecular weight excluding hydrogens is 346 g/mol. The molecular formula is C19H27N5O3. The van der Waals surface area contributed by atoms with Crippen molar-refractivity contribution in [3.05, 3.63) is 30.2 Å². The fourth-order valence-electron chi connectivity index (χ4n) is 3.64. The van der Waals surface area contributed by atoms with Crippen molar-refractivity contribution in [2.45, 2.75) is 25.7 Å². The van der Waals surface area contributed by atoms with Crippen LogP contribution in [0.15, 0.2) is 30.2 Å². The summed E-state index contributed by atoms with van der Waals surface area (Å²) < 4.78 is 4.77. The molecule has 0 atom stereocenters. The van der Waals surface area contributed by atoms with E-state index in [1.165, 1.54) is 13.5 Å². The van der Waals surface area contributed by atoms with Gasteiger partial charge in [-0.1, -0.05) is 6.42 Å². The summed E-state index contributed by atoms with van der Waals surface area (Å²) in [6, 6.07) is 4.01. The van der Waals surface area contributed by atoms with Gasteiger partial charge in [0.25, 0.3) is 0 Å². The second kappa shape index (κ2) is 9.50. The van der Waals surface area contributed by atoms with E-state index >= 15 is 0 Å². The number of piperazine rings is 1. The highest BCUT2D eigenvalue weighted by molar-refractivity contribution is 5.75. The van der Waals surface area contributed by atoms with E-state index in [0.29, 0.717) is 5.70 Å². The second-order valence-corrected chi connectivity index (χ2v) is 6.75. The van der Waals surface area contributed by atoms with E-state index < -0.39 is 5.97 Å². The van der Waals surface area contributed by atoms with Crippen LogP contribution in [-0.2, 0) is 14.3 Å². The molecule has 0 N–H and O–H groups in total. The summed E-state index contributed by atoms with van der Waals surface area (Å²) in [5.74, 6) is 1.57. The van der Waals surface area contributed by atoms with Crippen LogP contribution in [0.2, 0.25) is 0 Å². The van der Waals surface area contributed by atoms with Crippen LogP contribution in [-0.4, -0.2) is 78.4 Å². The number of esters is 1. The van der Waals surface area contributed by atoms with Crippen molar-refractivity contribution in [3.63, 3.8) is 0 Å². The van der Waals surface area contributed by atoms with Gasteiger partial charge in [-0.3, -0.25) is 9.78 Å². The van der Waals surface area contributed by atoms with Crippen molar-refractivity contribution in [1.29, 1.82) is 0 Å². The number of hydrogen-bond acceptors (Lipinski definition) is 8. The molecule has 0 spiro atoms. The lowest BCUT2D eigenvalue weighted by molar-refractivity contribution is -0.171. The largest absolute Gasteiger partial charge is 0.469 e. The first kappa shape index (κ1) is 19.4. The normalized spacial score (nSPS) is 18.6. The average molecular weight is 373 g/mol. The van der Waals surface area contributed by atoms with Gasteiger partial charge in [-0.2, -0.15) is 0 Å². The fourth-order valence-corrected chi connectivity index (χ4v) is 3.64. The molecule has 0 unspecified atom stereocenters. The molecule has 1 aromatic rings. The van der Waals surface area contributed by atoms with E-state index in [4.69, 9.17) is 4.74 Å². The van der Waals surface area contributed by atoms with Crippen molar-refractivity contribution < 1.29 is 14.3 Å². The minimum atomic E-state index is -0.425. The number of nitrogens with zero attached hydrogens (tertiary/aromatic N) is 5. The van der Waals surface area contributed by atoms with Gasteiger partial charge in [0, 0.05) is 57.3 Å². The maximum atomic E-state index is 11.8. The van der Waals surface area contributed by atoms with Gasteiger partial charge in [-0.05, 0) is 25.0 Å². The zero-order valence-electron chi connectivity index (χ0n) is 15.8. The molecule has 8 heteroatoms. The molecule has 0 bridgehead atoms. The third-order valence-electron chi connectivity index (χ3n) is 5.05. The standard InChI is InChI=1S/C19H27N5O3/c1-27-19(26)15-18(16-25)24(22-9-3-2-4-10-22)23-13-11-21(12-14-23)17-5-7-20-8-6-17/h5-8H,2-4,9-15H2,1H3. The summed E-state index contributed by atoms with van der Waals surface area (Å²) in [7, 11) is 1.34. The Morgan fingerprint density at radius 3 is 2.30 bits per heavy atom. The van der Waals surface area contributed by atoms with Gasteiger partial charge in [0.1, 0.15) is 11.6 Å². The number of anilines is 1. The average Bonchev–Trinajstić information content (AvgIpc) is 2.75. The first-order valence-electron chi connectivity index (χ1n) is 9.48. The van der Waals surface area contributed by atoms with Gasteiger partial charge < -0.3 is 9.64 Å². The molecule has 2 saturated heterocycles. The van der Waals surface area contributed by atoms with Crippen LogP contribution < -0.4 is 4.90 Å². The van der Waals surface area contributed by atoms with Gasteiger partial charge in [-0.15, -0.1) is 0 Å². The van der Waals surface area contributed by atoms with Gasteiger partial charge in [-0.25, -0.2) is 19.9 Å². The lowest BCUT2D eigenvalue weighted by atomic mass is 10.1. The highest BCUT2D eigenvalue weighted by Gasteiger charge is 2.31. The summed E-state index contributed by atoms with van der Waals surface area (Å²) in [4.78, 5) is 29.9. The molecule has 3 heterocycles. The number of rotatable bonds is 6. The van der Waals surface area contributed by atoms with Gasteiger partial charge in [0.2, 0.25) is 0 Å². The molecule has 2 aliphatic rings. The molecule has 8 nitrogen and oxygen atoms in total. The van der Waals surface area contributed by atoms with Crippen molar-refractivity contribution >= 4 is 17.6 Å². The molecule has 1 aromatic heterocycles. The summed E-state index contributed by atoms with van der Waals surface area (Å²) in [6.45, 7) is 4.92. The quantitative estimate of drug-likeness (QED) is 0.542. The number of hydrazine groups is 2. The van der Waals surface area contributed by atoms with Crippen LogP contribution in [0.5, 0.6) is 0 Å². The maximum Gasteiger partial charge on any atom is 0.312 e. The molecule has 2 fully saturated rings. The van der Waals surface area contributed by atoms with E-state index in [1.54, 1.807) is 12.4 Å². The minimum absolute atomic E-state index is 0.0684. The molecule has 146 valence electrons. The molecule has 27 heavy (non-hydrogen) atoms. The Hall–Kier alpha value is -2.41. The van der Waals surface area contributed by atoms with Crippen LogP contribution in [0.25, 0.3) is 0 Å². The predicted octanol–water partition coefficient (Wildman–Crippen LogP) is 1.10. The first-order valence-corrected chi connectivity index (χ1v) is 9.48. The minimum Gasteiger partial charge on any atom is -0.469 e. The Bertz CT molecular complexity index is 663. The van der Waals surface area contributed by atoms with Gasteiger partial charge in [0.05, 0.1) is 13.5 Å². The summed E-state index contributed by atoms with van der Waals surface area (Å²) in [5.41, 5.74) is 1.47. The van der Waals surface area contributed by atoms with Gasteiger partial charge in [0.15, 0.2) is 0 Å². The molecule has 0 aliphatic carbocycles. The van der Waals surface area contributed by atoms with Crippen molar-refractivity contribution in [2.75, 3.05) is 51.3 Å². The number of piperidine rings is 1. The van der Waals surface area contributed by atoms with Crippen LogP contribution in [0.1, 0.15) is 25.7 Å². The first-order chi connectivity index (χ1) is 13.2. The highest BCUT2D eigenvalue weighted by Crippen LogP contribution is 2.22. The van der Waals surface area contributed by atoms with Crippen LogP contribution in [0.4, 0.5) is 5.69 Å². The third-order valence-corrected chi connectivity index (χ3v) is 5.05. The van der Waals surface area contributed by atoms with E-state index in [-0.39, 0.29) is 6.42 Å². The van der Waals surface area contributed by atoms with E-state index in [0.717, 1.165) is 57.8 Å². The Balaban J connectivity index is 1.73. The predicted molar refractivity (Wildman–Crippen MR) is 101 cm³/mol. The fraction of sp³-hybridized carbons (Fsp3) is 0.579. The SMILES string of the molecule is COC(=O)CC(=C=O)N(N1CCCCC1)N1CCN(c2ccncc2)CC1. The van der Waals surface area contributed by atoms with Crippen molar-refractivity contribution in [2.24, 2.45) is 0 Å². The monoisotopic (exact) mass is 373 g/mol. The van der Waals surface area contributed by atoms with E-state index in [9.17, 15) is 9.59 Å². The molecule has 0 saturated carbocycles. The lowest BCUT2D eigenvalue weighted by Crippen LogP contribution is -2.60. The lowest BCUT2D eigenvalue weighted by Gasteiger charge is -2.48. The number of pyridine rings is 1. The number of carbonyl (C=O) groups excluding carboxylic acids is 2. The summed E-state index contributed by atoms with van der Waals surface area (Å²) in [6.07, 6.45) is 6.88. The van der Waals surface area contributed by atoms with Crippen LogP contribution in [0.3, 0.4) is 0 Å². The Kier molecular flexibility index (Phi) is 6.81. The number of aromatic nitrogens is 1. The zero-order valence-corrected chi connectivity index (χ0v) is 15.8. The summed E-state index contributed by atoms with van der Waals surface area (Å²) >= 11 is 0. The molecule has 0 amide bonds. The summed E-state index contributed by atoms with van der Waals surface area (Å²) in [5, 5.41) is 6.20. The topological polar surface area (TPSA) is 69.2 Å². The zero-order chi connectivity index (χ0) is 19.1. The molecule has 0 radical (unpaired) electrons. The smallest absolute Gasteiger partial charge is 0.312 e. The van der Waals surface area contributed by atoms with Gasteiger partial charge >= 0.3 is 5.97 Å². The van der Waals surface area contributed by atoms with Crippen LogP contribution in [0, 0.1) is 0 Å². The third kappa shape index (κ3) is 4.86. The highest BCUT2D eigenvalue weighted by atomic mass is 16.5. The van der Waals surface area contributed by atoms with Crippen molar-refractivity contribution in [3.8, 4) is 0 Å². The number of methoxy groups -OCH3 is 1. The molecule has 2 aliphatic heterocycles. The molecule has 3 rings (SSSR count). The Morgan fingerprint density at radius 1 is 1.07 bits per heavy atom.